The van der Waals surface area contributed by atoms with Gasteiger partial charge in [-0.15, -0.1) is 0 Å². The summed E-state index contributed by atoms with van der Waals surface area (Å²) < 4.78 is 0. The quantitative estimate of drug-likeness (QED) is 0.611. The molecule has 122 valence electrons. The zero-order valence-electron chi connectivity index (χ0n) is 15.7. The first-order valence-electron chi connectivity index (χ1n) is 8.83. The van der Waals surface area contributed by atoms with E-state index in [4.69, 9.17) is 5.73 Å². The van der Waals surface area contributed by atoms with Crippen LogP contribution in [0.25, 0.3) is 0 Å². The Hall–Kier alpha value is -0.560. The molecule has 2 N–H and O–H groups in total. The number of hydrogen-bond donors (Lipinski definition) is 1. The number of allylic oxidation sites excluding steroid dienone is 2. The van der Waals surface area contributed by atoms with Crippen molar-refractivity contribution in [2.75, 3.05) is 0 Å². The van der Waals surface area contributed by atoms with Crippen molar-refractivity contribution in [3.8, 4) is 0 Å². The highest BCUT2D eigenvalue weighted by atomic mass is 14.7. The van der Waals surface area contributed by atoms with Gasteiger partial charge in [0.25, 0.3) is 0 Å². The molecule has 0 saturated carbocycles. The van der Waals surface area contributed by atoms with E-state index in [0.717, 1.165) is 6.42 Å². The van der Waals surface area contributed by atoms with Gasteiger partial charge in [-0.1, -0.05) is 53.2 Å². The highest BCUT2D eigenvalue weighted by Gasteiger charge is 2.41. The van der Waals surface area contributed by atoms with E-state index >= 15 is 0 Å². The monoisotopic (exact) mass is 291 g/mol. The summed E-state index contributed by atoms with van der Waals surface area (Å²) in [7, 11) is 0. The van der Waals surface area contributed by atoms with Crippen LogP contribution in [0.5, 0.6) is 0 Å². The fourth-order valence-electron chi connectivity index (χ4n) is 3.67. The second kappa shape index (κ2) is 6.28. The van der Waals surface area contributed by atoms with Crippen molar-refractivity contribution in [1.82, 2.24) is 0 Å². The zero-order valence-corrected chi connectivity index (χ0v) is 15.7. The molecule has 1 aliphatic rings. The molecule has 1 aliphatic carbocycles. The summed E-state index contributed by atoms with van der Waals surface area (Å²) in [5.74, 6) is 0. The molecule has 0 aromatic carbocycles. The van der Waals surface area contributed by atoms with Crippen molar-refractivity contribution in [3.63, 3.8) is 0 Å². The van der Waals surface area contributed by atoms with Crippen LogP contribution in [0.15, 0.2) is 22.8 Å². The fourth-order valence-corrected chi connectivity index (χ4v) is 3.67. The molecular formula is C20H37N. The first-order chi connectivity index (χ1) is 9.59. The third-order valence-electron chi connectivity index (χ3n) is 6.23. The third-order valence-corrected chi connectivity index (χ3v) is 6.23. The molecule has 0 bridgehead atoms. The molecule has 0 fully saturated rings. The van der Waals surface area contributed by atoms with Crippen molar-refractivity contribution in [3.05, 3.63) is 22.8 Å². The van der Waals surface area contributed by atoms with Crippen molar-refractivity contribution >= 4 is 0 Å². The lowest BCUT2D eigenvalue weighted by Crippen LogP contribution is -2.38. The van der Waals surface area contributed by atoms with Gasteiger partial charge in [-0.05, 0) is 67.9 Å². The topological polar surface area (TPSA) is 26.0 Å². The van der Waals surface area contributed by atoms with Crippen LogP contribution in [-0.4, -0.2) is 5.54 Å². The average Bonchev–Trinajstić information content (AvgIpc) is 2.91. The van der Waals surface area contributed by atoms with Crippen molar-refractivity contribution < 1.29 is 0 Å². The van der Waals surface area contributed by atoms with Gasteiger partial charge in [0.2, 0.25) is 0 Å². The Morgan fingerprint density at radius 3 is 1.62 bits per heavy atom. The molecule has 1 heteroatoms. The van der Waals surface area contributed by atoms with Crippen LogP contribution in [0.2, 0.25) is 0 Å². The van der Waals surface area contributed by atoms with E-state index in [1.54, 1.807) is 11.1 Å². The van der Waals surface area contributed by atoms with Crippen LogP contribution >= 0.6 is 0 Å². The van der Waals surface area contributed by atoms with Gasteiger partial charge in [0.1, 0.15) is 0 Å². The molecule has 1 rings (SSSR count). The second-order valence-electron chi connectivity index (χ2n) is 7.93. The van der Waals surface area contributed by atoms with Gasteiger partial charge in [0.05, 0.1) is 0 Å². The van der Waals surface area contributed by atoms with Crippen LogP contribution in [0, 0.1) is 10.8 Å². The maximum atomic E-state index is 6.52. The molecule has 0 unspecified atom stereocenters. The first kappa shape index (κ1) is 18.5. The van der Waals surface area contributed by atoms with Crippen molar-refractivity contribution in [1.29, 1.82) is 0 Å². The fraction of sp³-hybridized carbons (Fsp3) is 0.800. The maximum absolute atomic E-state index is 6.52. The normalized spacial score (nSPS) is 17.5. The Morgan fingerprint density at radius 2 is 1.29 bits per heavy atom. The van der Waals surface area contributed by atoms with Crippen LogP contribution in [0.4, 0.5) is 0 Å². The van der Waals surface area contributed by atoms with E-state index in [-0.39, 0.29) is 11.0 Å². The molecule has 0 aromatic rings. The van der Waals surface area contributed by atoms with E-state index in [1.165, 1.54) is 31.3 Å². The minimum atomic E-state index is -0.245. The Kier molecular flexibility index (Phi) is 5.53. The van der Waals surface area contributed by atoms with E-state index in [1.807, 2.05) is 0 Å². The van der Waals surface area contributed by atoms with Crippen LogP contribution < -0.4 is 5.73 Å². The molecule has 0 amide bonds. The highest BCUT2D eigenvalue weighted by Crippen LogP contribution is 2.53. The van der Waals surface area contributed by atoms with Crippen LogP contribution in [-0.2, 0) is 0 Å². The largest absolute Gasteiger partial charge is 0.322 e. The Morgan fingerprint density at radius 1 is 0.857 bits per heavy atom. The third kappa shape index (κ3) is 3.28. The lowest BCUT2D eigenvalue weighted by molar-refractivity contribution is 0.322. The molecule has 21 heavy (non-hydrogen) atoms. The summed E-state index contributed by atoms with van der Waals surface area (Å²) in [5, 5.41) is 0. The zero-order chi connectivity index (χ0) is 16.5. The van der Waals surface area contributed by atoms with Gasteiger partial charge >= 0.3 is 0 Å². The minimum absolute atomic E-state index is 0.245. The number of rotatable bonds is 7. The minimum Gasteiger partial charge on any atom is -0.322 e. The van der Waals surface area contributed by atoms with Gasteiger partial charge in [-0.3, -0.25) is 0 Å². The Bertz CT molecular complexity index is 423. The number of hydrogen-bond acceptors (Lipinski definition) is 1. The molecule has 0 aliphatic heterocycles. The molecule has 0 atom stereocenters. The SMILES string of the molecule is CCC(C)(CC)C1=C(C(C)(CC)CC)C(C(C)(C)N)=CC1. The van der Waals surface area contributed by atoms with Crippen LogP contribution in [0.3, 0.4) is 0 Å². The molecule has 0 spiro atoms. The van der Waals surface area contributed by atoms with Gasteiger partial charge in [-0.2, -0.15) is 0 Å². The number of nitrogens with two attached hydrogens (primary N) is 1. The molecule has 0 radical (unpaired) electrons. The summed E-state index contributed by atoms with van der Waals surface area (Å²) in [4.78, 5) is 0. The van der Waals surface area contributed by atoms with Gasteiger partial charge in [0.15, 0.2) is 0 Å². The highest BCUT2D eigenvalue weighted by molar-refractivity contribution is 5.52. The Balaban J connectivity index is 3.55. The smallest absolute Gasteiger partial charge is 0.0352 e. The molecule has 0 aromatic heterocycles. The predicted molar refractivity (Wildman–Crippen MR) is 95.4 cm³/mol. The Labute approximate surface area is 133 Å². The van der Waals surface area contributed by atoms with Crippen molar-refractivity contribution in [2.45, 2.75) is 93.0 Å². The van der Waals surface area contributed by atoms with Crippen LogP contribution in [0.1, 0.15) is 87.5 Å². The summed E-state index contributed by atoms with van der Waals surface area (Å²) in [6.45, 7) is 18.5. The summed E-state index contributed by atoms with van der Waals surface area (Å²) in [6, 6.07) is 0. The molecular weight excluding hydrogens is 254 g/mol. The lowest BCUT2D eigenvalue weighted by atomic mass is 9.65. The summed E-state index contributed by atoms with van der Waals surface area (Å²) >= 11 is 0. The second-order valence-corrected chi connectivity index (χ2v) is 7.93. The first-order valence-corrected chi connectivity index (χ1v) is 8.83. The summed E-state index contributed by atoms with van der Waals surface area (Å²) in [5.41, 5.74) is 11.5. The van der Waals surface area contributed by atoms with Gasteiger partial charge in [0, 0.05) is 5.54 Å². The van der Waals surface area contributed by atoms with E-state index < -0.39 is 0 Å². The lowest BCUT2D eigenvalue weighted by Gasteiger charge is -2.40. The molecule has 0 heterocycles. The standard InChI is InChI=1S/C20H37N/c1-9-19(7,10-2)16-14-13-15(18(5,6)21)17(16)20(8,11-3)12-4/h13H,9-12,14,21H2,1-8H3. The van der Waals surface area contributed by atoms with E-state index in [9.17, 15) is 0 Å². The van der Waals surface area contributed by atoms with Gasteiger partial charge in [-0.25, -0.2) is 0 Å². The van der Waals surface area contributed by atoms with E-state index in [0.29, 0.717) is 5.41 Å². The predicted octanol–water partition coefficient (Wildman–Crippen LogP) is 6.00. The molecule has 0 saturated heterocycles. The summed E-state index contributed by atoms with van der Waals surface area (Å²) in [6.07, 6.45) is 8.28. The average molecular weight is 292 g/mol. The maximum Gasteiger partial charge on any atom is 0.0352 e. The van der Waals surface area contributed by atoms with E-state index in [2.05, 4.69) is 61.5 Å². The van der Waals surface area contributed by atoms with Crippen molar-refractivity contribution in [2.24, 2.45) is 16.6 Å². The van der Waals surface area contributed by atoms with Gasteiger partial charge < -0.3 is 5.73 Å². The molecule has 1 nitrogen and oxygen atoms in total.